The summed E-state index contributed by atoms with van der Waals surface area (Å²) in [4.78, 5) is 6.84. The molecule has 0 saturated carbocycles. The third-order valence-corrected chi connectivity index (χ3v) is 6.86. The standard InChI is InChI=1S/C28H28N4O2S/c1-18-16-22(19(2)31(18)20-10-9-11-21(17-20)33-3)27-26(23-12-7-8-15-29-23)30-28(35)32(27)24-13-5-6-14-25(24)34-4/h5-17,26-27H,1-4H3,(H,30,35)/t26-,27+/m1/s1. The molecule has 2 aromatic carbocycles. The highest BCUT2D eigenvalue weighted by Gasteiger charge is 2.43. The Morgan fingerprint density at radius 1 is 0.914 bits per heavy atom. The minimum Gasteiger partial charge on any atom is -0.497 e. The normalized spacial score (nSPS) is 17.4. The van der Waals surface area contributed by atoms with E-state index in [2.05, 4.69) is 51.8 Å². The second-order valence-electron chi connectivity index (χ2n) is 8.53. The van der Waals surface area contributed by atoms with Crippen LogP contribution in [0.4, 0.5) is 5.69 Å². The summed E-state index contributed by atoms with van der Waals surface area (Å²) in [5.41, 5.74) is 6.33. The van der Waals surface area contributed by atoms with Crippen LogP contribution < -0.4 is 19.7 Å². The number of benzene rings is 2. The number of pyridine rings is 1. The Hall–Kier alpha value is -3.84. The predicted octanol–water partition coefficient (Wildman–Crippen LogP) is 5.68. The molecule has 3 heterocycles. The monoisotopic (exact) mass is 484 g/mol. The van der Waals surface area contributed by atoms with Gasteiger partial charge in [-0.15, -0.1) is 0 Å². The summed E-state index contributed by atoms with van der Waals surface area (Å²) < 4.78 is 13.5. The number of methoxy groups -OCH3 is 2. The molecule has 1 saturated heterocycles. The first-order chi connectivity index (χ1) is 17.0. The fourth-order valence-corrected chi connectivity index (χ4v) is 5.33. The Labute approximate surface area is 211 Å². The first kappa shape index (κ1) is 22.9. The van der Waals surface area contributed by atoms with Crippen LogP contribution >= 0.6 is 12.2 Å². The maximum Gasteiger partial charge on any atom is 0.174 e. The van der Waals surface area contributed by atoms with Gasteiger partial charge < -0.3 is 24.3 Å². The molecule has 2 atom stereocenters. The third-order valence-electron chi connectivity index (χ3n) is 6.54. The van der Waals surface area contributed by atoms with Crippen molar-refractivity contribution < 1.29 is 9.47 Å². The Balaban J connectivity index is 1.70. The summed E-state index contributed by atoms with van der Waals surface area (Å²) in [5.74, 6) is 1.59. The van der Waals surface area contributed by atoms with Crippen molar-refractivity contribution in [1.82, 2.24) is 14.9 Å². The zero-order chi connectivity index (χ0) is 24.5. The minimum atomic E-state index is -0.132. The summed E-state index contributed by atoms with van der Waals surface area (Å²) in [6.45, 7) is 4.28. The highest BCUT2D eigenvalue weighted by Crippen LogP contribution is 2.46. The van der Waals surface area contributed by atoms with Gasteiger partial charge in [-0.3, -0.25) is 4.98 Å². The van der Waals surface area contributed by atoms with Gasteiger partial charge in [-0.25, -0.2) is 0 Å². The molecule has 2 aromatic heterocycles. The second kappa shape index (κ2) is 9.43. The highest BCUT2D eigenvalue weighted by atomic mass is 32.1. The van der Waals surface area contributed by atoms with Crippen LogP contribution in [0.2, 0.25) is 0 Å². The number of ether oxygens (including phenoxy) is 2. The van der Waals surface area contributed by atoms with Crippen LogP contribution in [0, 0.1) is 13.8 Å². The molecule has 178 valence electrons. The zero-order valence-corrected chi connectivity index (χ0v) is 21.0. The molecule has 0 unspecified atom stereocenters. The minimum absolute atomic E-state index is 0.126. The first-order valence-corrected chi connectivity index (χ1v) is 11.9. The fourth-order valence-electron chi connectivity index (χ4n) is 4.99. The average molecular weight is 485 g/mol. The average Bonchev–Trinajstić information content (AvgIpc) is 3.39. The molecule has 7 heteroatoms. The number of anilines is 1. The maximum atomic E-state index is 5.90. The number of rotatable bonds is 6. The summed E-state index contributed by atoms with van der Waals surface area (Å²) in [5, 5.41) is 4.18. The maximum absolute atomic E-state index is 5.90. The first-order valence-electron chi connectivity index (χ1n) is 11.5. The van der Waals surface area contributed by atoms with Crippen LogP contribution in [0.25, 0.3) is 5.69 Å². The van der Waals surface area contributed by atoms with Gasteiger partial charge in [0.1, 0.15) is 11.5 Å². The van der Waals surface area contributed by atoms with Gasteiger partial charge in [0, 0.05) is 29.3 Å². The largest absolute Gasteiger partial charge is 0.497 e. The molecule has 1 aliphatic rings. The molecular formula is C28H28N4O2S. The molecule has 0 bridgehead atoms. The van der Waals surface area contributed by atoms with E-state index in [0.717, 1.165) is 40.0 Å². The topological polar surface area (TPSA) is 51.5 Å². The van der Waals surface area contributed by atoms with Crippen LogP contribution in [0.15, 0.2) is 79.0 Å². The Morgan fingerprint density at radius 2 is 1.71 bits per heavy atom. The number of hydrogen-bond donors (Lipinski definition) is 1. The van der Waals surface area contributed by atoms with Gasteiger partial charge >= 0.3 is 0 Å². The SMILES string of the molecule is COc1cccc(-n2c(C)cc([C@H]3[C@@H](c4ccccn4)NC(=S)N3c3ccccc3OC)c2C)c1. The molecule has 1 aliphatic heterocycles. The number of aromatic nitrogens is 2. The van der Waals surface area contributed by atoms with Gasteiger partial charge in [-0.1, -0.05) is 24.3 Å². The number of aryl methyl sites for hydroxylation is 1. The molecule has 4 aromatic rings. The summed E-state index contributed by atoms with van der Waals surface area (Å²) in [6.07, 6.45) is 1.82. The molecular weight excluding hydrogens is 456 g/mol. The van der Waals surface area contributed by atoms with Crippen molar-refractivity contribution in [1.29, 1.82) is 0 Å². The second-order valence-corrected chi connectivity index (χ2v) is 8.92. The molecule has 0 radical (unpaired) electrons. The molecule has 5 rings (SSSR count). The molecule has 1 N–H and O–H groups in total. The number of nitrogens with zero attached hydrogens (tertiary/aromatic N) is 3. The summed E-state index contributed by atoms with van der Waals surface area (Å²) in [7, 11) is 3.37. The lowest BCUT2D eigenvalue weighted by atomic mass is 9.96. The number of para-hydroxylation sites is 2. The van der Waals surface area contributed by atoms with Crippen molar-refractivity contribution in [3.63, 3.8) is 0 Å². The lowest BCUT2D eigenvalue weighted by molar-refractivity contribution is 0.414. The van der Waals surface area contributed by atoms with E-state index in [1.807, 2.05) is 60.8 Å². The number of hydrogen-bond acceptors (Lipinski definition) is 4. The van der Waals surface area contributed by atoms with E-state index in [4.69, 9.17) is 21.7 Å². The van der Waals surface area contributed by atoms with E-state index in [1.165, 1.54) is 5.56 Å². The Bertz CT molecular complexity index is 1370. The van der Waals surface area contributed by atoms with E-state index in [0.29, 0.717) is 5.11 Å². The van der Waals surface area contributed by atoms with Crippen LogP contribution in [0.5, 0.6) is 11.5 Å². The van der Waals surface area contributed by atoms with Gasteiger partial charge in [0.15, 0.2) is 5.11 Å². The lowest BCUT2D eigenvalue weighted by Crippen LogP contribution is -2.30. The summed E-state index contributed by atoms with van der Waals surface area (Å²) in [6, 6.07) is 24.1. The number of thiocarbonyl (C=S) groups is 1. The van der Waals surface area contributed by atoms with Crippen molar-refractivity contribution in [3.05, 3.63) is 102 Å². The van der Waals surface area contributed by atoms with Crippen LogP contribution in [0.1, 0.15) is 34.7 Å². The molecule has 6 nitrogen and oxygen atoms in total. The highest BCUT2D eigenvalue weighted by molar-refractivity contribution is 7.80. The Morgan fingerprint density at radius 3 is 2.46 bits per heavy atom. The van der Waals surface area contributed by atoms with Crippen molar-refractivity contribution in [2.24, 2.45) is 0 Å². The lowest BCUT2D eigenvalue weighted by Gasteiger charge is -2.29. The summed E-state index contributed by atoms with van der Waals surface area (Å²) >= 11 is 5.90. The third kappa shape index (κ3) is 4.02. The van der Waals surface area contributed by atoms with E-state index in [1.54, 1.807) is 14.2 Å². The van der Waals surface area contributed by atoms with Gasteiger partial charge in [-0.05, 0) is 74.1 Å². The van der Waals surface area contributed by atoms with Crippen molar-refractivity contribution in [2.75, 3.05) is 19.1 Å². The van der Waals surface area contributed by atoms with Crippen LogP contribution in [-0.4, -0.2) is 28.9 Å². The van der Waals surface area contributed by atoms with Crippen molar-refractivity contribution >= 4 is 23.0 Å². The van der Waals surface area contributed by atoms with Gasteiger partial charge in [0.25, 0.3) is 0 Å². The zero-order valence-electron chi connectivity index (χ0n) is 20.2. The molecule has 1 fully saturated rings. The Kier molecular flexibility index (Phi) is 6.17. The van der Waals surface area contributed by atoms with Crippen molar-refractivity contribution in [3.8, 4) is 17.2 Å². The molecule has 0 amide bonds. The van der Waals surface area contributed by atoms with Gasteiger partial charge in [-0.2, -0.15) is 0 Å². The van der Waals surface area contributed by atoms with E-state index in [9.17, 15) is 0 Å². The van der Waals surface area contributed by atoms with Gasteiger partial charge in [0.05, 0.1) is 37.7 Å². The quantitative estimate of drug-likeness (QED) is 0.355. The van der Waals surface area contributed by atoms with Crippen LogP contribution in [0.3, 0.4) is 0 Å². The molecule has 0 spiro atoms. The van der Waals surface area contributed by atoms with E-state index in [-0.39, 0.29) is 12.1 Å². The van der Waals surface area contributed by atoms with Crippen molar-refractivity contribution in [2.45, 2.75) is 25.9 Å². The van der Waals surface area contributed by atoms with E-state index < -0.39 is 0 Å². The number of nitrogens with one attached hydrogen (secondary N) is 1. The van der Waals surface area contributed by atoms with Gasteiger partial charge in [0.2, 0.25) is 0 Å². The molecule has 35 heavy (non-hydrogen) atoms. The fraction of sp³-hybridized carbons (Fsp3) is 0.214. The molecule has 0 aliphatic carbocycles. The smallest absolute Gasteiger partial charge is 0.174 e. The van der Waals surface area contributed by atoms with Crippen LogP contribution in [-0.2, 0) is 0 Å². The predicted molar refractivity (Wildman–Crippen MR) is 143 cm³/mol. The van der Waals surface area contributed by atoms with E-state index >= 15 is 0 Å².